The van der Waals surface area contributed by atoms with E-state index in [1.165, 1.54) is 17.4 Å². The lowest BCUT2D eigenvalue weighted by Crippen LogP contribution is -2.26. The van der Waals surface area contributed by atoms with Gasteiger partial charge in [0.15, 0.2) is 5.13 Å². The zero-order valence-corrected chi connectivity index (χ0v) is 17.9. The van der Waals surface area contributed by atoms with E-state index in [0.29, 0.717) is 10.8 Å². The van der Waals surface area contributed by atoms with Crippen molar-refractivity contribution in [1.82, 2.24) is 9.97 Å². The van der Waals surface area contributed by atoms with Gasteiger partial charge < -0.3 is 5.73 Å². The van der Waals surface area contributed by atoms with Crippen molar-refractivity contribution in [2.45, 2.75) is 42.4 Å². The van der Waals surface area contributed by atoms with Crippen molar-refractivity contribution in [3.05, 3.63) is 63.9 Å². The number of rotatable bonds is 3. The van der Waals surface area contributed by atoms with Crippen molar-refractivity contribution in [3.8, 4) is 0 Å². The van der Waals surface area contributed by atoms with Crippen LogP contribution in [0.4, 0.5) is 5.13 Å². The van der Waals surface area contributed by atoms with Crippen LogP contribution in [0.15, 0.2) is 52.3 Å². The van der Waals surface area contributed by atoms with Gasteiger partial charge in [-0.1, -0.05) is 43.6 Å². The van der Waals surface area contributed by atoms with Gasteiger partial charge in [-0.2, -0.15) is 0 Å². The lowest BCUT2D eigenvalue weighted by atomic mass is 9.72. The Morgan fingerprint density at radius 1 is 1.14 bits per heavy atom. The lowest BCUT2D eigenvalue weighted by molar-refractivity contribution is 0.294. The molecule has 28 heavy (non-hydrogen) atoms. The normalized spacial score (nSPS) is 18.6. The Morgan fingerprint density at radius 3 is 2.57 bits per heavy atom. The summed E-state index contributed by atoms with van der Waals surface area (Å²) in [5.74, 6) is -0.143. The maximum absolute atomic E-state index is 13.1. The molecule has 4 rings (SSSR count). The van der Waals surface area contributed by atoms with Crippen LogP contribution in [-0.4, -0.2) is 18.4 Å². The molecule has 8 heteroatoms. The van der Waals surface area contributed by atoms with Crippen molar-refractivity contribution in [2.75, 3.05) is 5.73 Å². The third kappa shape index (κ3) is 3.54. The summed E-state index contributed by atoms with van der Waals surface area (Å²) < 4.78 is 26.2. The molecule has 0 radical (unpaired) electrons. The van der Waals surface area contributed by atoms with E-state index in [1.54, 1.807) is 36.4 Å². The van der Waals surface area contributed by atoms with Gasteiger partial charge in [-0.3, -0.25) is 0 Å². The Hall–Kier alpha value is -1.96. The number of fused-ring (bicyclic) bond motifs is 1. The maximum atomic E-state index is 13.1. The van der Waals surface area contributed by atoms with E-state index < -0.39 is 9.84 Å². The molecule has 1 atom stereocenters. The van der Waals surface area contributed by atoms with Gasteiger partial charge in [-0.25, -0.2) is 18.4 Å². The van der Waals surface area contributed by atoms with Crippen molar-refractivity contribution in [2.24, 2.45) is 5.41 Å². The van der Waals surface area contributed by atoms with Gasteiger partial charge in [-0.15, -0.1) is 11.3 Å². The number of hydrogen-bond acceptors (Lipinski definition) is 6. The Morgan fingerprint density at radius 2 is 1.86 bits per heavy atom. The van der Waals surface area contributed by atoms with Crippen molar-refractivity contribution in [3.63, 3.8) is 0 Å². The first kappa shape index (κ1) is 19.4. The fraction of sp³-hybridized carbons (Fsp3) is 0.300. The van der Waals surface area contributed by atoms with E-state index in [4.69, 9.17) is 17.3 Å². The third-order valence-electron chi connectivity index (χ3n) is 4.98. The first-order valence-electron chi connectivity index (χ1n) is 8.88. The summed E-state index contributed by atoms with van der Waals surface area (Å²) in [5, 5.41) is 0.673. The lowest BCUT2D eigenvalue weighted by Gasteiger charge is -2.34. The number of pyridine rings is 1. The Bertz CT molecular complexity index is 1140. The number of hydrogen-bond donors (Lipinski definition) is 1. The monoisotopic (exact) mass is 433 g/mol. The second-order valence-electron chi connectivity index (χ2n) is 7.83. The molecule has 2 heterocycles. The average Bonchev–Trinajstić information content (AvgIpc) is 3.00. The van der Waals surface area contributed by atoms with Crippen LogP contribution in [0, 0.1) is 5.41 Å². The molecule has 0 saturated carbocycles. The minimum absolute atomic E-state index is 0.0269. The number of thiazole rings is 1. The largest absolute Gasteiger partial charge is 0.375 e. The van der Waals surface area contributed by atoms with Crippen molar-refractivity contribution in [1.29, 1.82) is 0 Å². The van der Waals surface area contributed by atoms with Crippen molar-refractivity contribution < 1.29 is 8.42 Å². The molecule has 1 aliphatic rings. The summed E-state index contributed by atoms with van der Waals surface area (Å²) in [4.78, 5) is 10.5. The van der Waals surface area contributed by atoms with Crippen LogP contribution in [0.5, 0.6) is 0 Å². The number of nitrogens with zero attached hydrogens (tertiary/aromatic N) is 2. The minimum atomic E-state index is -3.69. The molecule has 5 nitrogen and oxygen atoms in total. The molecule has 0 aliphatic heterocycles. The molecule has 3 aromatic rings. The van der Waals surface area contributed by atoms with Crippen LogP contribution in [0.3, 0.4) is 0 Å². The highest BCUT2D eigenvalue weighted by molar-refractivity contribution is 7.91. The number of sulfone groups is 1. The van der Waals surface area contributed by atoms with Gasteiger partial charge in [0.25, 0.3) is 0 Å². The zero-order chi connectivity index (χ0) is 20.1. The Balaban J connectivity index is 1.84. The van der Waals surface area contributed by atoms with E-state index in [9.17, 15) is 8.42 Å². The molecule has 2 aromatic heterocycles. The van der Waals surface area contributed by atoms with E-state index in [1.807, 2.05) is 0 Å². The number of nitrogens with two attached hydrogens (primary N) is 1. The van der Waals surface area contributed by atoms with Gasteiger partial charge in [0.05, 0.1) is 21.2 Å². The minimum Gasteiger partial charge on any atom is -0.375 e. The summed E-state index contributed by atoms with van der Waals surface area (Å²) >= 11 is 7.74. The van der Waals surface area contributed by atoms with Crippen LogP contribution in [0.2, 0.25) is 5.15 Å². The molecule has 0 amide bonds. The molecule has 0 fully saturated rings. The average molecular weight is 434 g/mol. The number of halogens is 1. The Labute approximate surface area is 173 Å². The van der Waals surface area contributed by atoms with Crippen molar-refractivity contribution >= 4 is 37.9 Å². The topological polar surface area (TPSA) is 85.9 Å². The highest BCUT2D eigenvalue weighted by Crippen LogP contribution is 2.47. The molecule has 1 aromatic carbocycles. The molecule has 0 spiro atoms. The van der Waals surface area contributed by atoms with E-state index in [2.05, 4.69) is 23.8 Å². The molecule has 2 N–H and O–H groups in total. The molecule has 146 valence electrons. The predicted molar refractivity (Wildman–Crippen MR) is 112 cm³/mol. The van der Waals surface area contributed by atoms with Crippen LogP contribution in [0.1, 0.15) is 42.5 Å². The number of anilines is 1. The van der Waals surface area contributed by atoms with Gasteiger partial charge in [0, 0.05) is 10.8 Å². The highest BCUT2D eigenvalue weighted by Gasteiger charge is 2.37. The first-order valence-corrected chi connectivity index (χ1v) is 11.6. The first-order chi connectivity index (χ1) is 13.2. The highest BCUT2D eigenvalue weighted by atomic mass is 35.5. The maximum Gasteiger partial charge on any atom is 0.206 e. The Kier molecular flexibility index (Phi) is 4.72. The summed E-state index contributed by atoms with van der Waals surface area (Å²) in [6.07, 6.45) is 1.69. The standard InChI is InChI=1S/C20H20ClN3O2S2/c1-20(2)10-14(18-16(11-20)27-19(22)24-18)15-8-13(9-17(21)23-15)28(25,26)12-6-4-3-5-7-12/h3-9,14H,10-11H2,1-2H3,(H2,22,24). The molecular weight excluding hydrogens is 414 g/mol. The number of nitrogen functional groups attached to an aromatic ring is 1. The van der Waals surface area contributed by atoms with Gasteiger partial charge in [0.1, 0.15) is 5.15 Å². The van der Waals surface area contributed by atoms with Crippen LogP contribution < -0.4 is 5.73 Å². The molecule has 1 aliphatic carbocycles. The zero-order valence-electron chi connectivity index (χ0n) is 15.5. The molecule has 1 unspecified atom stereocenters. The summed E-state index contributed by atoms with van der Waals surface area (Å²) in [6.45, 7) is 4.37. The van der Waals surface area contributed by atoms with Gasteiger partial charge >= 0.3 is 0 Å². The van der Waals surface area contributed by atoms with Crippen LogP contribution in [-0.2, 0) is 16.3 Å². The van der Waals surface area contributed by atoms with Gasteiger partial charge in [0.2, 0.25) is 9.84 Å². The fourth-order valence-corrected chi connectivity index (χ4v) is 6.51. The second-order valence-corrected chi connectivity index (χ2v) is 11.3. The predicted octanol–water partition coefficient (Wildman–Crippen LogP) is 4.71. The van der Waals surface area contributed by atoms with E-state index in [-0.39, 0.29) is 26.3 Å². The third-order valence-corrected chi connectivity index (χ3v) is 7.82. The smallest absolute Gasteiger partial charge is 0.206 e. The quantitative estimate of drug-likeness (QED) is 0.604. The fourth-order valence-electron chi connectivity index (χ4n) is 3.74. The van der Waals surface area contributed by atoms with Gasteiger partial charge in [-0.05, 0) is 42.5 Å². The summed E-state index contributed by atoms with van der Waals surface area (Å²) in [5.41, 5.74) is 7.49. The number of benzene rings is 1. The number of aromatic nitrogens is 2. The molecule has 0 bridgehead atoms. The SMILES string of the molecule is CC1(C)Cc2sc(N)nc2C(c2cc(S(=O)(=O)c3ccccc3)cc(Cl)n2)C1. The van der Waals surface area contributed by atoms with Crippen LogP contribution in [0.25, 0.3) is 0 Å². The van der Waals surface area contributed by atoms with E-state index >= 15 is 0 Å². The summed E-state index contributed by atoms with van der Waals surface area (Å²) in [6, 6.07) is 11.4. The second kappa shape index (κ2) is 6.83. The summed E-state index contributed by atoms with van der Waals surface area (Å²) in [7, 11) is -3.69. The molecular formula is C20H20ClN3O2S2. The van der Waals surface area contributed by atoms with E-state index in [0.717, 1.165) is 23.4 Å². The van der Waals surface area contributed by atoms with Crippen LogP contribution >= 0.6 is 22.9 Å². The molecule has 0 saturated heterocycles.